The molecule has 0 unspecified atom stereocenters. The van der Waals surface area contributed by atoms with Crippen LogP contribution >= 0.6 is 0 Å². The summed E-state index contributed by atoms with van der Waals surface area (Å²) in [6.45, 7) is 0.0418. The maximum absolute atomic E-state index is 12.6. The van der Waals surface area contributed by atoms with Crippen molar-refractivity contribution in [3.8, 4) is 0 Å². The number of rotatable bonds is 3. The van der Waals surface area contributed by atoms with E-state index in [2.05, 4.69) is 17.5 Å². The maximum Gasteiger partial charge on any atom is 0.252 e. The summed E-state index contributed by atoms with van der Waals surface area (Å²) < 4.78 is 0. The molecule has 1 amide bonds. The zero-order chi connectivity index (χ0) is 13.7. The molecule has 3 heteroatoms. The van der Waals surface area contributed by atoms with E-state index in [-0.39, 0.29) is 12.5 Å². The Hall–Kier alpha value is -1.61. The van der Waals surface area contributed by atoms with Gasteiger partial charge in [-0.15, -0.1) is 0 Å². The molecule has 2 saturated carbocycles. The number of carbonyl (C=O) groups is 1. The number of fused-ring (bicyclic) bond motifs is 2. The maximum atomic E-state index is 12.6. The van der Waals surface area contributed by atoms with Crippen molar-refractivity contribution in [2.75, 3.05) is 6.61 Å². The highest BCUT2D eigenvalue weighted by atomic mass is 16.3. The van der Waals surface area contributed by atoms with Crippen LogP contribution < -0.4 is 5.32 Å². The number of hydrogen-bond donors (Lipinski definition) is 2. The molecule has 0 saturated heterocycles. The Morgan fingerprint density at radius 1 is 1.20 bits per heavy atom. The van der Waals surface area contributed by atoms with Gasteiger partial charge in [-0.1, -0.05) is 25.3 Å². The smallest absolute Gasteiger partial charge is 0.252 e. The van der Waals surface area contributed by atoms with Crippen LogP contribution in [0.5, 0.6) is 0 Å². The summed E-state index contributed by atoms with van der Waals surface area (Å²) in [5, 5.41) is 12.8. The Labute approximate surface area is 118 Å². The van der Waals surface area contributed by atoms with Crippen LogP contribution in [0.25, 0.3) is 0 Å². The molecular formula is C17H19NO2. The molecule has 4 aliphatic rings. The van der Waals surface area contributed by atoms with Gasteiger partial charge in [-0.05, 0) is 53.7 Å². The predicted molar refractivity (Wildman–Crippen MR) is 76.9 cm³/mol. The van der Waals surface area contributed by atoms with E-state index in [0.29, 0.717) is 0 Å². The van der Waals surface area contributed by atoms with E-state index >= 15 is 0 Å². The third-order valence-electron chi connectivity index (χ3n) is 5.01. The molecule has 2 N–H and O–H groups in total. The number of aliphatic hydroxyl groups is 1. The van der Waals surface area contributed by atoms with Crippen molar-refractivity contribution in [1.82, 2.24) is 5.32 Å². The highest BCUT2D eigenvalue weighted by Crippen LogP contribution is 2.51. The highest BCUT2D eigenvalue weighted by Gasteiger charge is 2.38. The van der Waals surface area contributed by atoms with E-state index in [9.17, 15) is 9.90 Å². The van der Waals surface area contributed by atoms with Crippen molar-refractivity contribution in [2.45, 2.75) is 44.1 Å². The predicted octanol–water partition coefficient (Wildman–Crippen LogP) is 2.30. The monoisotopic (exact) mass is 269 g/mol. The Morgan fingerprint density at radius 3 is 2.75 bits per heavy atom. The number of nitrogens with one attached hydrogen (secondary N) is 1. The van der Waals surface area contributed by atoms with Gasteiger partial charge >= 0.3 is 0 Å². The number of amides is 1. The second-order valence-corrected chi connectivity index (χ2v) is 6.35. The molecule has 0 spiro atoms. The lowest BCUT2D eigenvalue weighted by molar-refractivity contribution is -0.120. The third kappa shape index (κ3) is 1.73. The fourth-order valence-corrected chi connectivity index (χ4v) is 3.69. The second-order valence-electron chi connectivity index (χ2n) is 6.35. The van der Waals surface area contributed by atoms with Crippen molar-refractivity contribution in [3.63, 3.8) is 0 Å². The first kappa shape index (κ1) is 12.2. The van der Waals surface area contributed by atoms with E-state index in [0.717, 1.165) is 43.3 Å². The van der Waals surface area contributed by atoms with Crippen LogP contribution in [0, 0.1) is 0 Å². The molecular weight excluding hydrogens is 250 g/mol. The molecule has 20 heavy (non-hydrogen) atoms. The van der Waals surface area contributed by atoms with Gasteiger partial charge in [0.15, 0.2) is 0 Å². The number of allylic oxidation sites excluding steroid dienone is 6. The Balaban J connectivity index is 1.57. The standard InChI is InChI=1S/C17H19NO2/c19-10-17(6-2-1-3-7-17)18-16(20)13-5-4-12-14-8-11(14)9-15(12)13/h4-5,9,19H,1-3,6-8,10H2,(H,18,20). The molecule has 0 aromatic rings. The van der Waals surface area contributed by atoms with Gasteiger partial charge in [-0.2, -0.15) is 0 Å². The van der Waals surface area contributed by atoms with E-state index in [4.69, 9.17) is 0 Å². The topological polar surface area (TPSA) is 49.3 Å². The average molecular weight is 269 g/mol. The number of hydrogen-bond acceptors (Lipinski definition) is 2. The normalized spacial score (nSPS) is 25.6. The quantitative estimate of drug-likeness (QED) is 0.826. The summed E-state index contributed by atoms with van der Waals surface area (Å²) in [5.74, 6) is -0.0269. The molecule has 0 aromatic carbocycles. The van der Waals surface area contributed by atoms with Gasteiger partial charge in [0.25, 0.3) is 5.91 Å². The summed E-state index contributed by atoms with van der Waals surface area (Å²) in [7, 11) is 0. The summed E-state index contributed by atoms with van der Waals surface area (Å²) in [6, 6.07) is 0. The van der Waals surface area contributed by atoms with Crippen LogP contribution in [-0.2, 0) is 4.79 Å². The summed E-state index contributed by atoms with van der Waals surface area (Å²) in [6.07, 6.45) is 12.4. The Bertz CT molecular complexity index is 613. The van der Waals surface area contributed by atoms with Crippen LogP contribution in [-0.4, -0.2) is 23.2 Å². The highest BCUT2D eigenvalue weighted by molar-refractivity contribution is 6.02. The van der Waals surface area contributed by atoms with Gasteiger partial charge in [0.2, 0.25) is 0 Å². The van der Waals surface area contributed by atoms with Gasteiger partial charge in [-0.3, -0.25) is 4.79 Å². The summed E-state index contributed by atoms with van der Waals surface area (Å²) in [4.78, 5) is 12.6. The largest absolute Gasteiger partial charge is 0.394 e. The third-order valence-corrected chi connectivity index (χ3v) is 5.01. The lowest BCUT2D eigenvalue weighted by Gasteiger charge is -2.36. The second kappa shape index (κ2) is 4.19. The molecule has 0 aromatic heterocycles. The van der Waals surface area contributed by atoms with Crippen LogP contribution in [0.1, 0.15) is 38.5 Å². The van der Waals surface area contributed by atoms with Gasteiger partial charge in [-0.25, -0.2) is 0 Å². The molecule has 0 bridgehead atoms. The van der Waals surface area contributed by atoms with E-state index in [1.165, 1.54) is 23.1 Å². The molecule has 4 rings (SSSR count). The zero-order valence-corrected chi connectivity index (χ0v) is 11.5. The van der Waals surface area contributed by atoms with Crippen LogP contribution in [0.3, 0.4) is 0 Å². The number of aliphatic hydroxyl groups excluding tert-OH is 1. The summed E-state index contributed by atoms with van der Waals surface area (Å²) in [5.41, 5.74) is 5.49. The Kier molecular flexibility index (Phi) is 2.55. The Morgan fingerprint density at radius 2 is 2.00 bits per heavy atom. The van der Waals surface area contributed by atoms with Gasteiger partial charge < -0.3 is 10.4 Å². The lowest BCUT2D eigenvalue weighted by atomic mass is 9.82. The fraction of sp³-hybridized carbons (Fsp3) is 0.471. The number of carbonyl (C=O) groups excluding carboxylic acids is 1. The van der Waals surface area contributed by atoms with Crippen LogP contribution in [0.4, 0.5) is 0 Å². The van der Waals surface area contributed by atoms with Crippen molar-refractivity contribution >= 4 is 5.91 Å². The molecule has 4 aliphatic carbocycles. The van der Waals surface area contributed by atoms with Gasteiger partial charge in [0, 0.05) is 5.57 Å². The minimum atomic E-state index is -0.401. The minimum Gasteiger partial charge on any atom is -0.394 e. The van der Waals surface area contributed by atoms with E-state index in [1.54, 1.807) is 0 Å². The lowest BCUT2D eigenvalue weighted by Crippen LogP contribution is -2.52. The van der Waals surface area contributed by atoms with Crippen molar-refractivity contribution in [1.29, 1.82) is 0 Å². The van der Waals surface area contributed by atoms with Crippen molar-refractivity contribution in [2.24, 2.45) is 0 Å². The fourth-order valence-electron chi connectivity index (χ4n) is 3.69. The summed E-state index contributed by atoms with van der Waals surface area (Å²) >= 11 is 0. The van der Waals surface area contributed by atoms with Gasteiger partial charge in [0.05, 0.1) is 12.1 Å². The van der Waals surface area contributed by atoms with Crippen LogP contribution in [0.15, 0.2) is 46.1 Å². The molecule has 2 fully saturated rings. The molecule has 3 nitrogen and oxygen atoms in total. The van der Waals surface area contributed by atoms with Crippen molar-refractivity contribution in [3.05, 3.63) is 46.1 Å². The molecule has 0 aliphatic heterocycles. The average Bonchev–Trinajstić information content (AvgIpc) is 2.95. The minimum absolute atomic E-state index is 0.0269. The molecule has 0 atom stereocenters. The first-order valence-electron chi connectivity index (χ1n) is 7.53. The van der Waals surface area contributed by atoms with Crippen LogP contribution in [0.2, 0.25) is 0 Å². The SMILES string of the molecule is O=C(NC1(CO)CCCCC1)C1=C2C=C3CC3=C2C=C1. The first-order valence-corrected chi connectivity index (χ1v) is 7.53. The van der Waals surface area contributed by atoms with Gasteiger partial charge in [0.1, 0.15) is 0 Å². The van der Waals surface area contributed by atoms with E-state index < -0.39 is 5.54 Å². The first-order chi connectivity index (χ1) is 9.72. The van der Waals surface area contributed by atoms with Crippen molar-refractivity contribution < 1.29 is 9.90 Å². The van der Waals surface area contributed by atoms with E-state index in [1.807, 2.05) is 6.08 Å². The molecule has 0 radical (unpaired) electrons. The molecule has 104 valence electrons. The molecule has 0 heterocycles. The zero-order valence-electron chi connectivity index (χ0n) is 11.5.